The van der Waals surface area contributed by atoms with Gasteiger partial charge in [0.05, 0.1) is 18.0 Å². The summed E-state index contributed by atoms with van der Waals surface area (Å²) in [5.41, 5.74) is 0.294. The van der Waals surface area contributed by atoms with Gasteiger partial charge in [-0.25, -0.2) is 4.68 Å². The minimum atomic E-state index is -0.714. The molecule has 0 spiro atoms. The molecule has 0 aromatic carbocycles. The van der Waals surface area contributed by atoms with Crippen LogP contribution < -0.4 is 5.32 Å². The summed E-state index contributed by atoms with van der Waals surface area (Å²) < 4.78 is 1.60. The lowest BCUT2D eigenvalue weighted by Gasteiger charge is -2.34. The lowest BCUT2D eigenvalue weighted by Crippen LogP contribution is -2.49. The van der Waals surface area contributed by atoms with Crippen LogP contribution >= 0.6 is 0 Å². The number of likely N-dealkylation sites (tertiary alicyclic amines) is 1. The molecule has 9 heteroatoms. The standard InChI is InChI=1S/C20H36N6O3/c1-19(2,3)16(18(29)25-12-14(27)9-15(25)17(28)21-7)26-11-13(22-23-26)10-24(8)20(4,5)6/h11,14-16,27H,9-10,12H2,1-8H3,(H,21,28)/t14?,15-,16?/m1/s1. The number of rotatable bonds is 5. The fraction of sp³-hybridized carbons (Fsp3) is 0.800. The van der Waals surface area contributed by atoms with Crippen molar-refractivity contribution in [1.29, 1.82) is 0 Å². The van der Waals surface area contributed by atoms with Crippen molar-refractivity contribution in [3.63, 3.8) is 0 Å². The molecular formula is C20H36N6O3. The monoisotopic (exact) mass is 408 g/mol. The Labute approximate surface area is 173 Å². The Balaban J connectivity index is 2.31. The summed E-state index contributed by atoms with van der Waals surface area (Å²) in [6.07, 6.45) is 1.33. The lowest BCUT2D eigenvalue weighted by molar-refractivity contribution is -0.144. The highest BCUT2D eigenvalue weighted by Gasteiger charge is 2.45. The number of amides is 2. The number of aromatic nitrogens is 3. The van der Waals surface area contributed by atoms with Crippen molar-refractivity contribution in [3.8, 4) is 0 Å². The number of nitrogens with zero attached hydrogens (tertiary/aromatic N) is 5. The van der Waals surface area contributed by atoms with Crippen LogP contribution in [0.4, 0.5) is 0 Å². The topological polar surface area (TPSA) is 104 Å². The largest absolute Gasteiger partial charge is 0.391 e. The van der Waals surface area contributed by atoms with E-state index in [4.69, 9.17) is 0 Å². The van der Waals surface area contributed by atoms with Crippen LogP contribution in [0.5, 0.6) is 0 Å². The smallest absolute Gasteiger partial charge is 0.248 e. The second kappa shape index (κ2) is 8.39. The highest BCUT2D eigenvalue weighted by atomic mass is 16.3. The van der Waals surface area contributed by atoms with Crippen molar-refractivity contribution in [2.24, 2.45) is 5.41 Å². The summed E-state index contributed by atoms with van der Waals surface area (Å²) in [5, 5.41) is 21.2. The summed E-state index contributed by atoms with van der Waals surface area (Å²) in [5.74, 6) is -0.503. The van der Waals surface area contributed by atoms with E-state index < -0.39 is 23.6 Å². The first kappa shape index (κ1) is 23.3. The van der Waals surface area contributed by atoms with Gasteiger partial charge < -0.3 is 15.3 Å². The molecule has 9 nitrogen and oxygen atoms in total. The normalized spacial score (nSPS) is 21.5. The van der Waals surface area contributed by atoms with Crippen LogP contribution in [0.2, 0.25) is 0 Å². The van der Waals surface area contributed by atoms with Crippen LogP contribution in [-0.2, 0) is 16.1 Å². The van der Waals surface area contributed by atoms with Crippen molar-refractivity contribution < 1.29 is 14.7 Å². The van der Waals surface area contributed by atoms with Gasteiger partial charge in [-0.3, -0.25) is 14.5 Å². The number of carbonyl (C=O) groups is 2. The van der Waals surface area contributed by atoms with Crippen molar-refractivity contribution in [3.05, 3.63) is 11.9 Å². The molecule has 0 aliphatic carbocycles. The van der Waals surface area contributed by atoms with E-state index in [1.54, 1.807) is 10.9 Å². The maximum absolute atomic E-state index is 13.5. The van der Waals surface area contributed by atoms with Crippen molar-refractivity contribution in [2.75, 3.05) is 20.6 Å². The summed E-state index contributed by atoms with van der Waals surface area (Å²) in [4.78, 5) is 29.4. The van der Waals surface area contributed by atoms with E-state index >= 15 is 0 Å². The maximum atomic E-state index is 13.5. The molecule has 3 atom stereocenters. The molecule has 164 valence electrons. The van der Waals surface area contributed by atoms with Gasteiger partial charge in [0.2, 0.25) is 11.8 Å². The molecule has 2 heterocycles. The van der Waals surface area contributed by atoms with E-state index in [2.05, 4.69) is 41.3 Å². The SMILES string of the molecule is CNC(=O)[C@H]1CC(O)CN1C(=O)C(n1cc(CN(C)C(C)(C)C)nn1)C(C)(C)C. The van der Waals surface area contributed by atoms with E-state index in [9.17, 15) is 14.7 Å². The molecule has 1 fully saturated rings. The summed E-state index contributed by atoms with van der Waals surface area (Å²) in [6, 6.07) is -1.32. The first-order valence-corrected chi connectivity index (χ1v) is 10.1. The molecule has 2 unspecified atom stereocenters. The number of aliphatic hydroxyl groups excluding tert-OH is 1. The quantitative estimate of drug-likeness (QED) is 0.747. The molecule has 0 bridgehead atoms. The zero-order chi connectivity index (χ0) is 22.1. The fourth-order valence-corrected chi connectivity index (χ4v) is 3.50. The number of carbonyl (C=O) groups excluding carboxylic acids is 2. The molecule has 1 saturated heterocycles. The molecular weight excluding hydrogens is 372 g/mol. The van der Waals surface area contributed by atoms with Crippen LogP contribution in [-0.4, -0.2) is 80.0 Å². The van der Waals surface area contributed by atoms with Gasteiger partial charge in [0.25, 0.3) is 0 Å². The number of nitrogens with one attached hydrogen (secondary N) is 1. The number of hydrogen-bond acceptors (Lipinski definition) is 6. The third-order valence-corrected chi connectivity index (χ3v) is 5.53. The molecule has 0 radical (unpaired) electrons. The number of hydrogen-bond donors (Lipinski definition) is 2. The molecule has 1 aliphatic heterocycles. The zero-order valence-electron chi connectivity index (χ0n) is 18.9. The van der Waals surface area contributed by atoms with Gasteiger partial charge in [-0.2, -0.15) is 0 Å². The van der Waals surface area contributed by atoms with Gasteiger partial charge >= 0.3 is 0 Å². The molecule has 1 aromatic rings. The van der Waals surface area contributed by atoms with Gasteiger partial charge in [0.15, 0.2) is 0 Å². The first-order valence-electron chi connectivity index (χ1n) is 10.1. The van der Waals surface area contributed by atoms with E-state index in [-0.39, 0.29) is 30.3 Å². The molecule has 0 saturated carbocycles. The van der Waals surface area contributed by atoms with Gasteiger partial charge in [-0.1, -0.05) is 26.0 Å². The molecule has 2 rings (SSSR count). The molecule has 29 heavy (non-hydrogen) atoms. The Morgan fingerprint density at radius 3 is 2.45 bits per heavy atom. The van der Waals surface area contributed by atoms with E-state index in [1.807, 2.05) is 27.8 Å². The van der Waals surface area contributed by atoms with E-state index in [1.165, 1.54) is 11.9 Å². The Hall–Kier alpha value is -2.00. The Morgan fingerprint density at radius 2 is 1.93 bits per heavy atom. The highest BCUT2D eigenvalue weighted by Crippen LogP contribution is 2.34. The van der Waals surface area contributed by atoms with Gasteiger partial charge in [-0.05, 0) is 33.2 Å². The third-order valence-electron chi connectivity index (χ3n) is 5.53. The first-order chi connectivity index (χ1) is 13.3. The second-order valence-corrected chi connectivity index (χ2v) is 10.00. The van der Waals surface area contributed by atoms with Gasteiger partial charge in [0, 0.05) is 32.1 Å². The predicted octanol–water partition coefficient (Wildman–Crippen LogP) is 0.803. The molecule has 1 aliphatic rings. The fourth-order valence-electron chi connectivity index (χ4n) is 3.50. The van der Waals surface area contributed by atoms with Gasteiger partial charge in [0.1, 0.15) is 12.1 Å². The van der Waals surface area contributed by atoms with Crippen LogP contribution in [0.15, 0.2) is 6.20 Å². The number of aliphatic hydroxyl groups is 1. The average Bonchev–Trinajstić information content (AvgIpc) is 3.18. The van der Waals surface area contributed by atoms with Crippen LogP contribution in [0, 0.1) is 5.41 Å². The minimum Gasteiger partial charge on any atom is -0.391 e. The predicted molar refractivity (Wildman–Crippen MR) is 110 cm³/mol. The zero-order valence-corrected chi connectivity index (χ0v) is 18.9. The van der Waals surface area contributed by atoms with E-state index in [0.29, 0.717) is 6.54 Å². The van der Waals surface area contributed by atoms with Gasteiger partial charge in [-0.15, -0.1) is 5.10 Å². The van der Waals surface area contributed by atoms with Crippen molar-refractivity contribution in [2.45, 2.75) is 78.2 Å². The summed E-state index contributed by atoms with van der Waals surface area (Å²) in [7, 11) is 3.55. The third kappa shape index (κ3) is 5.33. The Morgan fingerprint density at radius 1 is 1.31 bits per heavy atom. The maximum Gasteiger partial charge on any atom is 0.248 e. The molecule has 2 N–H and O–H groups in total. The Kier molecular flexibility index (Phi) is 6.74. The second-order valence-electron chi connectivity index (χ2n) is 10.00. The lowest BCUT2D eigenvalue weighted by atomic mass is 9.85. The van der Waals surface area contributed by atoms with E-state index in [0.717, 1.165) is 5.69 Å². The molecule has 2 amide bonds. The highest BCUT2D eigenvalue weighted by molar-refractivity contribution is 5.90. The minimum absolute atomic E-state index is 0.0184. The number of likely N-dealkylation sites (N-methyl/N-ethyl adjacent to an activating group) is 1. The van der Waals surface area contributed by atoms with Crippen LogP contribution in [0.1, 0.15) is 59.7 Å². The van der Waals surface area contributed by atoms with Crippen molar-refractivity contribution in [1.82, 2.24) is 30.1 Å². The Bertz CT molecular complexity index is 733. The summed E-state index contributed by atoms with van der Waals surface area (Å²) in [6.45, 7) is 13.0. The number of β-amino-alcohol motifs (C(OH)–C–C–N with tert-alkyl or cyclic N) is 1. The molecule has 1 aromatic heterocycles. The van der Waals surface area contributed by atoms with Crippen LogP contribution in [0.25, 0.3) is 0 Å². The van der Waals surface area contributed by atoms with Crippen molar-refractivity contribution >= 4 is 11.8 Å². The average molecular weight is 409 g/mol. The summed E-state index contributed by atoms with van der Waals surface area (Å²) >= 11 is 0. The van der Waals surface area contributed by atoms with Crippen LogP contribution in [0.3, 0.4) is 0 Å².